The van der Waals surface area contributed by atoms with Crippen molar-refractivity contribution in [3.05, 3.63) is 23.5 Å². The molecule has 2 heteroatoms. The van der Waals surface area contributed by atoms with E-state index in [-0.39, 0.29) is 6.04 Å². The summed E-state index contributed by atoms with van der Waals surface area (Å²) in [6.45, 7) is 6.93. The zero-order chi connectivity index (χ0) is 11.7. The SMILES string of the molecule is CCC(C)C(C)n1ccc2c1CCCC2N. The quantitative estimate of drug-likeness (QED) is 0.831. The van der Waals surface area contributed by atoms with Gasteiger partial charge >= 0.3 is 0 Å². The van der Waals surface area contributed by atoms with Gasteiger partial charge in [-0.1, -0.05) is 20.3 Å². The molecule has 2 rings (SSSR count). The fourth-order valence-electron chi connectivity index (χ4n) is 2.75. The largest absolute Gasteiger partial charge is 0.348 e. The molecule has 0 aliphatic heterocycles. The summed E-state index contributed by atoms with van der Waals surface area (Å²) in [6.07, 6.45) is 7.07. The Kier molecular flexibility index (Phi) is 3.38. The minimum absolute atomic E-state index is 0.272. The molecule has 1 heterocycles. The summed E-state index contributed by atoms with van der Waals surface area (Å²) in [5.41, 5.74) is 9.04. The van der Waals surface area contributed by atoms with E-state index in [2.05, 4.69) is 37.6 Å². The topological polar surface area (TPSA) is 30.9 Å². The molecule has 1 aromatic heterocycles. The molecule has 90 valence electrons. The monoisotopic (exact) mass is 220 g/mol. The van der Waals surface area contributed by atoms with Crippen molar-refractivity contribution in [3.63, 3.8) is 0 Å². The Bertz CT molecular complexity index is 354. The zero-order valence-electron chi connectivity index (χ0n) is 10.7. The molecule has 0 amide bonds. The molecule has 3 atom stereocenters. The first-order valence-corrected chi connectivity index (χ1v) is 6.60. The van der Waals surface area contributed by atoms with Crippen LogP contribution in [0.5, 0.6) is 0 Å². The number of nitrogens with zero attached hydrogens (tertiary/aromatic N) is 1. The third-order valence-corrected chi connectivity index (χ3v) is 4.29. The van der Waals surface area contributed by atoms with Crippen LogP contribution in [0.25, 0.3) is 0 Å². The fourth-order valence-corrected chi connectivity index (χ4v) is 2.75. The lowest BCUT2D eigenvalue weighted by atomic mass is 9.93. The van der Waals surface area contributed by atoms with Gasteiger partial charge in [0.05, 0.1) is 0 Å². The molecule has 2 nitrogen and oxygen atoms in total. The highest BCUT2D eigenvalue weighted by Crippen LogP contribution is 2.32. The first kappa shape index (κ1) is 11.7. The van der Waals surface area contributed by atoms with E-state index in [9.17, 15) is 0 Å². The van der Waals surface area contributed by atoms with Crippen molar-refractivity contribution in [2.45, 2.75) is 58.5 Å². The number of nitrogens with two attached hydrogens (primary N) is 1. The molecule has 0 fully saturated rings. The maximum Gasteiger partial charge on any atom is 0.0330 e. The van der Waals surface area contributed by atoms with E-state index in [0.717, 1.165) is 12.3 Å². The summed E-state index contributed by atoms with van der Waals surface area (Å²) in [4.78, 5) is 0. The van der Waals surface area contributed by atoms with E-state index in [1.807, 2.05) is 0 Å². The van der Waals surface area contributed by atoms with Gasteiger partial charge in [-0.05, 0) is 43.7 Å². The molecular formula is C14H24N2. The predicted molar refractivity (Wildman–Crippen MR) is 68.5 cm³/mol. The second kappa shape index (κ2) is 4.62. The minimum atomic E-state index is 0.272. The molecule has 1 aliphatic rings. The van der Waals surface area contributed by atoms with Crippen LogP contribution in [0.2, 0.25) is 0 Å². The number of fused-ring (bicyclic) bond motifs is 1. The smallest absolute Gasteiger partial charge is 0.0330 e. The number of aromatic nitrogens is 1. The van der Waals surface area contributed by atoms with Crippen molar-refractivity contribution in [1.82, 2.24) is 4.57 Å². The Hall–Kier alpha value is -0.760. The molecule has 2 N–H and O–H groups in total. The van der Waals surface area contributed by atoms with Gasteiger partial charge in [0, 0.05) is 24.0 Å². The van der Waals surface area contributed by atoms with Crippen LogP contribution in [0.1, 0.15) is 63.4 Å². The van der Waals surface area contributed by atoms with Crippen LogP contribution in [0.15, 0.2) is 12.3 Å². The summed E-state index contributed by atoms with van der Waals surface area (Å²) < 4.78 is 2.46. The Morgan fingerprint density at radius 1 is 1.50 bits per heavy atom. The first-order chi connectivity index (χ1) is 7.65. The highest BCUT2D eigenvalue weighted by molar-refractivity contribution is 5.28. The van der Waals surface area contributed by atoms with Crippen molar-refractivity contribution in [3.8, 4) is 0 Å². The Morgan fingerprint density at radius 2 is 2.25 bits per heavy atom. The summed E-state index contributed by atoms with van der Waals surface area (Å²) in [6, 6.07) is 3.10. The van der Waals surface area contributed by atoms with Crippen molar-refractivity contribution in [2.75, 3.05) is 0 Å². The lowest BCUT2D eigenvalue weighted by Gasteiger charge is -2.26. The van der Waals surface area contributed by atoms with Gasteiger partial charge in [0.1, 0.15) is 0 Å². The van der Waals surface area contributed by atoms with Gasteiger partial charge in [0.2, 0.25) is 0 Å². The van der Waals surface area contributed by atoms with E-state index < -0.39 is 0 Å². The van der Waals surface area contributed by atoms with Crippen LogP contribution in [0, 0.1) is 5.92 Å². The van der Waals surface area contributed by atoms with Gasteiger partial charge in [-0.3, -0.25) is 0 Å². The van der Waals surface area contributed by atoms with Crippen LogP contribution in [0.3, 0.4) is 0 Å². The Labute approximate surface area is 98.8 Å². The average molecular weight is 220 g/mol. The van der Waals surface area contributed by atoms with E-state index in [0.29, 0.717) is 6.04 Å². The molecule has 0 spiro atoms. The van der Waals surface area contributed by atoms with Crippen LogP contribution in [0.4, 0.5) is 0 Å². The number of hydrogen-bond donors (Lipinski definition) is 1. The average Bonchev–Trinajstić information content (AvgIpc) is 2.72. The summed E-state index contributed by atoms with van der Waals surface area (Å²) >= 11 is 0. The molecule has 0 radical (unpaired) electrons. The van der Waals surface area contributed by atoms with E-state index in [1.165, 1.54) is 30.5 Å². The van der Waals surface area contributed by atoms with E-state index in [1.54, 1.807) is 0 Å². The molecule has 0 saturated carbocycles. The first-order valence-electron chi connectivity index (χ1n) is 6.60. The highest BCUT2D eigenvalue weighted by atomic mass is 15.0. The lowest BCUT2D eigenvalue weighted by Crippen LogP contribution is -2.21. The molecule has 0 saturated heterocycles. The normalized spacial score (nSPS) is 23.9. The number of rotatable bonds is 3. The van der Waals surface area contributed by atoms with Gasteiger partial charge in [-0.25, -0.2) is 0 Å². The van der Waals surface area contributed by atoms with E-state index in [4.69, 9.17) is 5.73 Å². The van der Waals surface area contributed by atoms with Gasteiger partial charge in [0.15, 0.2) is 0 Å². The summed E-state index contributed by atoms with van der Waals surface area (Å²) in [5.74, 6) is 0.731. The summed E-state index contributed by atoms with van der Waals surface area (Å²) in [7, 11) is 0. The minimum Gasteiger partial charge on any atom is -0.348 e. The molecule has 1 aliphatic carbocycles. The van der Waals surface area contributed by atoms with Gasteiger partial charge < -0.3 is 10.3 Å². The molecule has 1 aromatic rings. The van der Waals surface area contributed by atoms with E-state index >= 15 is 0 Å². The molecule has 16 heavy (non-hydrogen) atoms. The van der Waals surface area contributed by atoms with Crippen LogP contribution in [-0.4, -0.2) is 4.57 Å². The third kappa shape index (κ3) is 1.91. The maximum absolute atomic E-state index is 6.16. The van der Waals surface area contributed by atoms with Gasteiger partial charge in [-0.2, -0.15) is 0 Å². The van der Waals surface area contributed by atoms with Crippen molar-refractivity contribution in [1.29, 1.82) is 0 Å². The van der Waals surface area contributed by atoms with Crippen LogP contribution < -0.4 is 5.73 Å². The van der Waals surface area contributed by atoms with Gasteiger partial charge in [0.25, 0.3) is 0 Å². The molecular weight excluding hydrogens is 196 g/mol. The number of hydrogen-bond acceptors (Lipinski definition) is 1. The maximum atomic E-state index is 6.16. The molecule has 0 bridgehead atoms. The van der Waals surface area contributed by atoms with Crippen molar-refractivity contribution in [2.24, 2.45) is 11.7 Å². The van der Waals surface area contributed by atoms with Crippen LogP contribution >= 0.6 is 0 Å². The van der Waals surface area contributed by atoms with Crippen LogP contribution in [-0.2, 0) is 6.42 Å². The Morgan fingerprint density at radius 3 is 2.94 bits per heavy atom. The third-order valence-electron chi connectivity index (χ3n) is 4.29. The lowest BCUT2D eigenvalue weighted by molar-refractivity contribution is 0.358. The second-order valence-corrected chi connectivity index (χ2v) is 5.25. The second-order valence-electron chi connectivity index (χ2n) is 5.25. The molecule has 0 aromatic carbocycles. The Balaban J connectivity index is 2.29. The predicted octanol–water partition coefficient (Wildman–Crippen LogP) is 3.43. The zero-order valence-corrected chi connectivity index (χ0v) is 10.7. The fraction of sp³-hybridized carbons (Fsp3) is 0.714. The molecule has 3 unspecified atom stereocenters. The van der Waals surface area contributed by atoms with Crippen molar-refractivity contribution >= 4 is 0 Å². The summed E-state index contributed by atoms with van der Waals surface area (Å²) in [5, 5.41) is 0. The standard InChI is InChI=1S/C14H24N2/c1-4-10(2)11(3)16-9-8-12-13(15)6-5-7-14(12)16/h8-11,13H,4-7,15H2,1-3H3. The van der Waals surface area contributed by atoms with Crippen molar-refractivity contribution < 1.29 is 0 Å². The van der Waals surface area contributed by atoms with Gasteiger partial charge in [-0.15, -0.1) is 0 Å². The highest BCUT2D eigenvalue weighted by Gasteiger charge is 2.23.